The summed E-state index contributed by atoms with van der Waals surface area (Å²) >= 11 is 0. The summed E-state index contributed by atoms with van der Waals surface area (Å²) in [7, 11) is -0.359. The Bertz CT molecular complexity index is 394. The van der Waals surface area contributed by atoms with Crippen LogP contribution in [0.2, 0.25) is 0 Å². The Hall–Kier alpha value is -0.660. The SMILES string of the molecule is CC(NS(=O)(=O)N1CCCCC1C)C(=O)N(C)C. The summed E-state index contributed by atoms with van der Waals surface area (Å²) in [5.41, 5.74) is 0. The zero-order valence-electron chi connectivity index (χ0n) is 11.5. The van der Waals surface area contributed by atoms with Crippen molar-refractivity contribution in [1.29, 1.82) is 0 Å². The van der Waals surface area contributed by atoms with Gasteiger partial charge in [-0.25, -0.2) is 0 Å². The topological polar surface area (TPSA) is 69.7 Å². The second-order valence-corrected chi connectivity index (χ2v) is 6.69. The minimum absolute atomic E-state index is 0.00194. The lowest BCUT2D eigenvalue weighted by molar-refractivity contribution is -0.130. The zero-order valence-corrected chi connectivity index (χ0v) is 12.3. The molecule has 0 aliphatic carbocycles. The first-order valence-corrected chi connectivity index (χ1v) is 7.70. The molecule has 18 heavy (non-hydrogen) atoms. The molecule has 0 saturated carbocycles. The molecule has 1 saturated heterocycles. The Morgan fingerprint density at radius 3 is 2.50 bits per heavy atom. The van der Waals surface area contributed by atoms with Gasteiger partial charge >= 0.3 is 0 Å². The van der Waals surface area contributed by atoms with Crippen LogP contribution in [0.15, 0.2) is 0 Å². The second-order valence-electron chi connectivity index (χ2n) is 5.03. The molecule has 1 aliphatic heterocycles. The van der Waals surface area contributed by atoms with Gasteiger partial charge in [0.25, 0.3) is 10.2 Å². The molecule has 2 unspecified atom stereocenters. The first-order chi connectivity index (χ1) is 8.25. The quantitative estimate of drug-likeness (QED) is 0.796. The standard InChI is InChI=1S/C11H23N3O3S/c1-9-7-5-6-8-14(9)18(16,17)12-10(2)11(15)13(3)4/h9-10,12H,5-8H2,1-4H3. The molecule has 0 bridgehead atoms. The highest BCUT2D eigenvalue weighted by atomic mass is 32.2. The highest BCUT2D eigenvalue weighted by Gasteiger charge is 2.32. The number of nitrogens with zero attached hydrogens (tertiary/aromatic N) is 2. The lowest BCUT2D eigenvalue weighted by atomic mass is 10.1. The summed E-state index contributed by atoms with van der Waals surface area (Å²) in [5.74, 6) is -0.247. The van der Waals surface area contributed by atoms with Crippen LogP contribution in [0.25, 0.3) is 0 Å². The molecule has 106 valence electrons. The van der Waals surface area contributed by atoms with Gasteiger partial charge in [-0.3, -0.25) is 4.79 Å². The molecule has 0 radical (unpaired) electrons. The van der Waals surface area contributed by atoms with E-state index in [0.29, 0.717) is 6.54 Å². The molecule has 1 heterocycles. The van der Waals surface area contributed by atoms with Crippen LogP contribution in [0, 0.1) is 0 Å². The molecule has 0 aromatic heterocycles. The number of carbonyl (C=O) groups excluding carboxylic acids is 1. The molecule has 0 aromatic rings. The van der Waals surface area contributed by atoms with Crippen LogP contribution in [0.4, 0.5) is 0 Å². The Morgan fingerprint density at radius 2 is 2.00 bits per heavy atom. The minimum Gasteiger partial charge on any atom is -0.347 e. The highest BCUT2D eigenvalue weighted by Crippen LogP contribution is 2.19. The Kier molecular flexibility index (Phi) is 5.12. The number of hydrogen-bond acceptors (Lipinski definition) is 3. The summed E-state index contributed by atoms with van der Waals surface area (Å²) in [6.07, 6.45) is 2.80. The van der Waals surface area contributed by atoms with E-state index in [4.69, 9.17) is 0 Å². The molecule has 7 heteroatoms. The number of nitrogens with one attached hydrogen (secondary N) is 1. The Balaban J connectivity index is 2.72. The molecule has 6 nitrogen and oxygen atoms in total. The van der Waals surface area contributed by atoms with Crippen molar-refractivity contribution in [3.63, 3.8) is 0 Å². The van der Waals surface area contributed by atoms with E-state index in [-0.39, 0.29) is 11.9 Å². The maximum Gasteiger partial charge on any atom is 0.280 e. The maximum absolute atomic E-state index is 12.2. The van der Waals surface area contributed by atoms with Crippen LogP contribution in [0.5, 0.6) is 0 Å². The first-order valence-electron chi connectivity index (χ1n) is 6.26. The lowest BCUT2D eigenvalue weighted by Gasteiger charge is -2.33. The summed E-state index contributed by atoms with van der Waals surface area (Å²) in [5, 5.41) is 0. The van der Waals surface area contributed by atoms with Crippen molar-refractivity contribution < 1.29 is 13.2 Å². The van der Waals surface area contributed by atoms with Crippen LogP contribution in [-0.2, 0) is 15.0 Å². The summed E-state index contributed by atoms with van der Waals surface area (Å²) in [6, 6.07) is -0.739. The zero-order chi connectivity index (χ0) is 13.9. The van der Waals surface area contributed by atoms with E-state index < -0.39 is 16.3 Å². The fraction of sp³-hybridized carbons (Fsp3) is 0.909. The molecule has 1 N–H and O–H groups in total. The number of amides is 1. The molecule has 1 amide bonds. The van der Waals surface area contributed by atoms with E-state index >= 15 is 0 Å². The molecule has 1 rings (SSSR count). The van der Waals surface area contributed by atoms with Gasteiger partial charge in [0.2, 0.25) is 5.91 Å². The van der Waals surface area contributed by atoms with Gasteiger partial charge in [-0.1, -0.05) is 6.42 Å². The first kappa shape index (κ1) is 15.4. The van der Waals surface area contributed by atoms with E-state index in [9.17, 15) is 13.2 Å². The van der Waals surface area contributed by atoms with Crippen molar-refractivity contribution in [2.45, 2.75) is 45.2 Å². The van der Waals surface area contributed by atoms with Gasteiger partial charge in [0, 0.05) is 26.7 Å². The van der Waals surface area contributed by atoms with E-state index in [0.717, 1.165) is 19.3 Å². The lowest BCUT2D eigenvalue weighted by Crippen LogP contribution is -2.53. The van der Waals surface area contributed by atoms with E-state index in [1.54, 1.807) is 21.0 Å². The molecule has 0 aromatic carbocycles. The second kappa shape index (κ2) is 5.99. The van der Waals surface area contributed by atoms with Crippen molar-refractivity contribution in [2.24, 2.45) is 0 Å². The fourth-order valence-electron chi connectivity index (χ4n) is 2.16. The third-order valence-electron chi connectivity index (χ3n) is 3.19. The summed E-state index contributed by atoms with van der Waals surface area (Å²) < 4.78 is 28.3. The van der Waals surface area contributed by atoms with Gasteiger partial charge < -0.3 is 4.90 Å². The monoisotopic (exact) mass is 277 g/mol. The van der Waals surface area contributed by atoms with Crippen molar-refractivity contribution in [2.75, 3.05) is 20.6 Å². The number of piperidine rings is 1. The Morgan fingerprint density at radius 1 is 1.39 bits per heavy atom. The van der Waals surface area contributed by atoms with Crippen molar-refractivity contribution >= 4 is 16.1 Å². The number of carbonyl (C=O) groups is 1. The third kappa shape index (κ3) is 3.66. The van der Waals surface area contributed by atoms with Crippen molar-refractivity contribution in [3.8, 4) is 0 Å². The molecule has 1 aliphatic rings. The molecule has 2 atom stereocenters. The van der Waals surface area contributed by atoms with Crippen LogP contribution < -0.4 is 4.72 Å². The average molecular weight is 277 g/mol. The van der Waals surface area contributed by atoms with Crippen molar-refractivity contribution in [3.05, 3.63) is 0 Å². The normalized spacial score (nSPS) is 23.7. The largest absolute Gasteiger partial charge is 0.347 e. The number of likely N-dealkylation sites (N-methyl/N-ethyl adjacent to an activating group) is 1. The summed E-state index contributed by atoms with van der Waals surface area (Å²) in [6.45, 7) is 3.99. The van der Waals surface area contributed by atoms with Gasteiger partial charge in [0.05, 0.1) is 6.04 Å². The predicted octanol–water partition coefficient (Wildman–Crippen LogP) is 0.172. The van der Waals surface area contributed by atoms with Gasteiger partial charge in [-0.15, -0.1) is 0 Å². The molecular weight excluding hydrogens is 254 g/mol. The van der Waals surface area contributed by atoms with Crippen LogP contribution >= 0.6 is 0 Å². The highest BCUT2D eigenvalue weighted by molar-refractivity contribution is 7.87. The predicted molar refractivity (Wildman–Crippen MR) is 70.2 cm³/mol. The number of rotatable bonds is 4. The number of hydrogen-bond donors (Lipinski definition) is 1. The van der Waals surface area contributed by atoms with E-state index in [1.807, 2.05) is 6.92 Å². The van der Waals surface area contributed by atoms with Gasteiger partial charge in [0.15, 0.2) is 0 Å². The Labute approximate surface area is 110 Å². The van der Waals surface area contributed by atoms with Crippen LogP contribution in [0.1, 0.15) is 33.1 Å². The van der Waals surface area contributed by atoms with E-state index in [1.165, 1.54) is 9.21 Å². The van der Waals surface area contributed by atoms with Crippen LogP contribution in [-0.4, -0.2) is 56.3 Å². The van der Waals surface area contributed by atoms with Gasteiger partial charge in [0.1, 0.15) is 0 Å². The van der Waals surface area contributed by atoms with Gasteiger partial charge in [-0.05, 0) is 26.7 Å². The molecular formula is C11H23N3O3S. The maximum atomic E-state index is 12.2. The average Bonchev–Trinajstić information content (AvgIpc) is 2.27. The van der Waals surface area contributed by atoms with Crippen molar-refractivity contribution in [1.82, 2.24) is 13.9 Å². The fourth-order valence-corrected chi connectivity index (χ4v) is 3.79. The molecule has 0 spiro atoms. The minimum atomic E-state index is -3.57. The van der Waals surface area contributed by atoms with Gasteiger partial charge in [-0.2, -0.15) is 17.4 Å². The third-order valence-corrected chi connectivity index (χ3v) is 5.00. The smallest absolute Gasteiger partial charge is 0.280 e. The molecule has 1 fully saturated rings. The van der Waals surface area contributed by atoms with Crippen LogP contribution in [0.3, 0.4) is 0 Å². The van der Waals surface area contributed by atoms with E-state index in [2.05, 4.69) is 4.72 Å². The summed E-state index contributed by atoms with van der Waals surface area (Å²) in [4.78, 5) is 13.0.